The Labute approximate surface area is 131 Å². The first-order valence-corrected chi connectivity index (χ1v) is 7.37. The molecule has 8 heteroatoms. The molecule has 3 aromatic rings. The molecule has 1 aliphatic heterocycles. The number of hydrogen-bond donors (Lipinski definition) is 1. The maximum Gasteiger partial charge on any atom is 0.244 e. The Hall–Kier alpha value is -3.03. The van der Waals surface area contributed by atoms with Gasteiger partial charge in [0.15, 0.2) is 0 Å². The quantitative estimate of drug-likeness (QED) is 0.734. The van der Waals surface area contributed by atoms with Crippen LogP contribution in [0.5, 0.6) is 0 Å². The highest BCUT2D eigenvalue weighted by Crippen LogP contribution is 2.18. The van der Waals surface area contributed by atoms with Crippen LogP contribution in [0, 0.1) is 0 Å². The number of rotatable bonds is 2. The minimum Gasteiger partial charge on any atom is -0.368 e. The first-order valence-electron chi connectivity index (χ1n) is 7.37. The van der Waals surface area contributed by atoms with Crippen LogP contribution in [0.25, 0.3) is 11.0 Å². The number of hydrogen-bond acceptors (Lipinski definition) is 6. The van der Waals surface area contributed by atoms with Crippen molar-refractivity contribution < 1.29 is 4.79 Å². The average Bonchev–Trinajstić information content (AvgIpc) is 2.97. The van der Waals surface area contributed by atoms with Crippen molar-refractivity contribution in [2.24, 2.45) is 0 Å². The lowest BCUT2D eigenvalue weighted by Gasteiger charge is -2.27. The van der Waals surface area contributed by atoms with Crippen LogP contribution in [0.4, 0.5) is 5.95 Å². The summed E-state index contributed by atoms with van der Waals surface area (Å²) >= 11 is 0. The minimum absolute atomic E-state index is 0.0107. The van der Waals surface area contributed by atoms with Crippen LogP contribution < -0.4 is 5.73 Å². The van der Waals surface area contributed by atoms with Gasteiger partial charge in [-0.05, 0) is 24.1 Å². The molecular formula is C15H15N7O. The molecule has 0 saturated carbocycles. The molecule has 3 heterocycles. The number of carbonyl (C=O) groups excluding carboxylic acids is 1. The van der Waals surface area contributed by atoms with Gasteiger partial charge in [-0.2, -0.15) is 0 Å². The number of benzene rings is 1. The summed E-state index contributed by atoms with van der Waals surface area (Å²) < 4.78 is 1.63. The molecule has 8 nitrogen and oxygen atoms in total. The van der Waals surface area contributed by atoms with Crippen LogP contribution in [0.3, 0.4) is 0 Å². The van der Waals surface area contributed by atoms with Gasteiger partial charge in [0.1, 0.15) is 12.1 Å². The van der Waals surface area contributed by atoms with Gasteiger partial charge >= 0.3 is 0 Å². The number of para-hydroxylation sites is 1. The largest absolute Gasteiger partial charge is 0.368 e. The van der Waals surface area contributed by atoms with Crippen molar-refractivity contribution in [2.75, 3.05) is 12.3 Å². The van der Waals surface area contributed by atoms with Crippen LogP contribution in [0.15, 0.2) is 30.5 Å². The van der Waals surface area contributed by atoms with Gasteiger partial charge in [0.05, 0.1) is 17.8 Å². The van der Waals surface area contributed by atoms with Crippen LogP contribution >= 0.6 is 0 Å². The van der Waals surface area contributed by atoms with Crippen molar-refractivity contribution in [3.8, 4) is 0 Å². The summed E-state index contributed by atoms with van der Waals surface area (Å²) in [5, 5.41) is 8.13. The zero-order chi connectivity index (χ0) is 15.8. The molecule has 0 atom stereocenters. The van der Waals surface area contributed by atoms with Crippen molar-refractivity contribution in [3.05, 3.63) is 41.7 Å². The fraction of sp³-hybridized carbons (Fsp3) is 0.267. The van der Waals surface area contributed by atoms with E-state index in [2.05, 4.69) is 20.3 Å². The maximum atomic E-state index is 12.6. The predicted octanol–water partition coefficient (Wildman–Crippen LogP) is 0.388. The second-order valence-corrected chi connectivity index (χ2v) is 5.50. The predicted molar refractivity (Wildman–Crippen MR) is 83.1 cm³/mol. The number of aromatic nitrogens is 5. The molecule has 2 N–H and O–H groups in total. The van der Waals surface area contributed by atoms with Gasteiger partial charge in [-0.25, -0.2) is 14.6 Å². The Balaban J connectivity index is 1.54. The number of fused-ring (bicyclic) bond motifs is 2. The highest BCUT2D eigenvalue weighted by molar-refractivity contribution is 5.80. The van der Waals surface area contributed by atoms with Gasteiger partial charge < -0.3 is 10.6 Å². The number of amides is 1. The Morgan fingerprint density at radius 3 is 3.09 bits per heavy atom. The summed E-state index contributed by atoms with van der Waals surface area (Å²) in [4.78, 5) is 22.6. The minimum atomic E-state index is -0.0107. The molecule has 0 spiro atoms. The molecule has 0 fully saturated rings. The van der Waals surface area contributed by atoms with Crippen molar-refractivity contribution in [1.29, 1.82) is 0 Å². The van der Waals surface area contributed by atoms with E-state index < -0.39 is 0 Å². The number of nitrogens with two attached hydrogens (primary N) is 1. The maximum absolute atomic E-state index is 12.6. The summed E-state index contributed by atoms with van der Waals surface area (Å²) in [6.07, 6.45) is 2.48. The van der Waals surface area contributed by atoms with Crippen LogP contribution in [-0.2, 0) is 24.3 Å². The normalized spacial score (nSPS) is 14.0. The van der Waals surface area contributed by atoms with E-state index in [1.54, 1.807) is 15.8 Å². The molecule has 116 valence electrons. The molecule has 0 saturated heterocycles. The highest BCUT2D eigenvalue weighted by Gasteiger charge is 2.23. The molecular weight excluding hydrogens is 294 g/mol. The highest BCUT2D eigenvalue weighted by atomic mass is 16.2. The van der Waals surface area contributed by atoms with E-state index in [0.717, 1.165) is 28.7 Å². The average molecular weight is 309 g/mol. The van der Waals surface area contributed by atoms with Crippen molar-refractivity contribution in [2.45, 2.75) is 19.5 Å². The molecule has 23 heavy (non-hydrogen) atoms. The number of nitrogens with zero attached hydrogens (tertiary/aromatic N) is 6. The molecule has 1 aliphatic rings. The Morgan fingerprint density at radius 2 is 2.17 bits per heavy atom. The third kappa shape index (κ3) is 2.48. The molecule has 1 amide bonds. The third-order valence-corrected chi connectivity index (χ3v) is 4.02. The second-order valence-electron chi connectivity index (χ2n) is 5.50. The zero-order valence-corrected chi connectivity index (χ0v) is 12.4. The lowest BCUT2D eigenvalue weighted by atomic mass is 10.1. The van der Waals surface area contributed by atoms with Gasteiger partial charge in [0.25, 0.3) is 0 Å². The van der Waals surface area contributed by atoms with Crippen LogP contribution in [0.1, 0.15) is 11.3 Å². The molecule has 4 rings (SSSR count). The summed E-state index contributed by atoms with van der Waals surface area (Å²) in [6.45, 7) is 1.26. The van der Waals surface area contributed by atoms with Gasteiger partial charge in [-0.1, -0.05) is 17.3 Å². The molecule has 0 unspecified atom stereocenters. The first-order chi connectivity index (χ1) is 11.2. The van der Waals surface area contributed by atoms with Crippen molar-refractivity contribution >= 4 is 22.9 Å². The smallest absolute Gasteiger partial charge is 0.244 e. The van der Waals surface area contributed by atoms with E-state index in [1.807, 2.05) is 24.3 Å². The molecule has 2 aromatic heterocycles. The van der Waals surface area contributed by atoms with Gasteiger partial charge in [-0.3, -0.25) is 4.79 Å². The second kappa shape index (κ2) is 5.31. The van der Waals surface area contributed by atoms with E-state index >= 15 is 0 Å². The van der Waals surface area contributed by atoms with E-state index in [-0.39, 0.29) is 18.4 Å². The summed E-state index contributed by atoms with van der Waals surface area (Å²) in [7, 11) is 0. The Bertz CT molecular complexity index is 888. The van der Waals surface area contributed by atoms with Gasteiger partial charge in [0.2, 0.25) is 11.9 Å². The van der Waals surface area contributed by atoms with E-state index in [4.69, 9.17) is 5.73 Å². The lowest BCUT2D eigenvalue weighted by Crippen LogP contribution is -2.38. The van der Waals surface area contributed by atoms with Crippen molar-refractivity contribution in [1.82, 2.24) is 29.9 Å². The summed E-state index contributed by atoms with van der Waals surface area (Å²) in [5.41, 5.74) is 9.13. The van der Waals surface area contributed by atoms with E-state index in [0.29, 0.717) is 13.1 Å². The number of anilines is 1. The SMILES string of the molecule is Nc1ncc2c(n1)CN(C(=O)Cn1nnc3ccccc31)CC2. The lowest BCUT2D eigenvalue weighted by molar-refractivity contribution is -0.133. The number of nitrogen functional groups attached to an aromatic ring is 1. The summed E-state index contributed by atoms with van der Waals surface area (Å²) in [6, 6.07) is 7.58. The Morgan fingerprint density at radius 1 is 1.30 bits per heavy atom. The van der Waals surface area contributed by atoms with Gasteiger partial charge in [-0.15, -0.1) is 5.10 Å². The number of carbonyl (C=O) groups is 1. The Kier molecular flexibility index (Phi) is 3.14. The van der Waals surface area contributed by atoms with Crippen molar-refractivity contribution in [3.63, 3.8) is 0 Å². The van der Waals surface area contributed by atoms with E-state index in [9.17, 15) is 4.79 Å². The topological polar surface area (TPSA) is 103 Å². The third-order valence-electron chi connectivity index (χ3n) is 4.02. The molecule has 0 radical (unpaired) electrons. The molecule has 1 aromatic carbocycles. The first kappa shape index (κ1) is 13.6. The van der Waals surface area contributed by atoms with E-state index in [1.165, 1.54) is 0 Å². The summed E-state index contributed by atoms with van der Waals surface area (Å²) in [5.74, 6) is 0.226. The molecule has 0 bridgehead atoms. The fourth-order valence-electron chi connectivity index (χ4n) is 2.79. The van der Waals surface area contributed by atoms with Crippen LogP contribution in [-0.4, -0.2) is 42.3 Å². The van der Waals surface area contributed by atoms with Gasteiger partial charge in [0, 0.05) is 12.7 Å². The zero-order valence-electron chi connectivity index (χ0n) is 12.4. The molecule has 0 aliphatic carbocycles. The van der Waals surface area contributed by atoms with Crippen LogP contribution in [0.2, 0.25) is 0 Å². The fourth-order valence-corrected chi connectivity index (χ4v) is 2.79. The monoisotopic (exact) mass is 309 g/mol. The standard InChI is InChI=1S/C15H15N7O/c16-15-17-7-10-5-6-21(8-12(10)18-15)14(23)9-22-13-4-2-1-3-11(13)19-20-22/h1-4,7H,5-6,8-9H2,(H2,16,17,18).